The van der Waals surface area contributed by atoms with Crippen LogP contribution in [0.3, 0.4) is 0 Å². The predicted octanol–water partition coefficient (Wildman–Crippen LogP) is 2.18. The molecule has 0 unspecified atom stereocenters. The normalized spacial score (nSPS) is 11.0. The third-order valence-corrected chi connectivity index (χ3v) is 2.30. The molecule has 90 valence electrons. The van der Waals surface area contributed by atoms with E-state index in [1.165, 1.54) is 12.1 Å². The quantitative estimate of drug-likeness (QED) is 0.354. The van der Waals surface area contributed by atoms with Crippen LogP contribution in [0.5, 0.6) is 0 Å². The number of nitro benzene ring substituents is 1. The van der Waals surface area contributed by atoms with Gasteiger partial charge in [-0.25, -0.2) is 0 Å². The molecule has 0 heterocycles. The van der Waals surface area contributed by atoms with Crippen LogP contribution in [0.25, 0.3) is 0 Å². The zero-order valence-electron chi connectivity index (χ0n) is 9.55. The van der Waals surface area contributed by atoms with Gasteiger partial charge in [-0.3, -0.25) is 14.9 Å². The zero-order chi connectivity index (χ0) is 12.7. The number of nitrogens with zero attached hydrogens (tertiary/aromatic N) is 1. The van der Waals surface area contributed by atoms with Gasteiger partial charge in [0.05, 0.1) is 4.92 Å². The summed E-state index contributed by atoms with van der Waals surface area (Å²) in [7, 11) is 0. The molecular formula is C12H14N2O3. The molecule has 0 atom stereocenters. The number of carbonyl (C=O) groups is 1. The summed E-state index contributed by atoms with van der Waals surface area (Å²) in [6.07, 6.45) is 3.15. The molecule has 0 saturated carbocycles. The van der Waals surface area contributed by atoms with Crippen molar-refractivity contribution in [3.8, 4) is 0 Å². The molecule has 0 saturated heterocycles. The molecule has 17 heavy (non-hydrogen) atoms. The van der Waals surface area contributed by atoms with E-state index in [0.717, 1.165) is 11.8 Å². The van der Waals surface area contributed by atoms with Crippen molar-refractivity contribution < 1.29 is 9.72 Å². The van der Waals surface area contributed by atoms with Crippen molar-refractivity contribution in [2.24, 2.45) is 0 Å². The van der Waals surface area contributed by atoms with Gasteiger partial charge in [-0.15, -0.1) is 0 Å². The minimum absolute atomic E-state index is 0.0754. The minimum atomic E-state index is -0.432. The third-order valence-electron chi connectivity index (χ3n) is 2.30. The predicted molar refractivity (Wildman–Crippen MR) is 64.4 cm³/mol. The molecule has 0 aliphatic rings. The first-order valence-corrected chi connectivity index (χ1v) is 5.28. The molecule has 0 radical (unpaired) electrons. The van der Waals surface area contributed by atoms with Crippen LogP contribution in [0.4, 0.5) is 5.69 Å². The number of hydrogen-bond acceptors (Lipinski definition) is 4. The van der Waals surface area contributed by atoms with Gasteiger partial charge in [0.25, 0.3) is 5.69 Å². The van der Waals surface area contributed by atoms with Gasteiger partial charge >= 0.3 is 0 Å². The summed E-state index contributed by atoms with van der Waals surface area (Å²) in [5.41, 5.74) is 1.69. The number of aldehydes is 1. The Bertz CT molecular complexity index is 424. The Morgan fingerprint density at radius 3 is 2.53 bits per heavy atom. The summed E-state index contributed by atoms with van der Waals surface area (Å²) >= 11 is 0. The van der Waals surface area contributed by atoms with Gasteiger partial charge in [0.2, 0.25) is 0 Å². The lowest BCUT2D eigenvalue weighted by Crippen LogP contribution is -2.06. The SMILES string of the molecule is CC/C(C=O)=C\NCc1ccc([N+](=O)[O-])cc1. The van der Waals surface area contributed by atoms with E-state index < -0.39 is 4.92 Å². The maximum Gasteiger partial charge on any atom is 0.269 e. The minimum Gasteiger partial charge on any atom is -0.386 e. The number of nitro groups is 1. The summed E-state index contributed by atoms with van der Waals surface area (Å²) in [5, 5.41) is 13.4. The van der Waals surface area contributed by atoms with Gasteiger partial charge in [0.15, 0.2) is 0 Å². The molecule has 0 aliphatic heterocycles. The topological polar surface area (TPSA) is 72.2 Å². The Hall–Kier alpha value is -2.17. The highest BCUT2D eigenvalue weighted by Crippen LogP contribution is 2.11. The van der Waals surface area contributed by atoms with Crippen molar-refractivity contribution in [2.75, 3.05) is 0 Å². The second-order valence-corrected chi connectivity index (χ2v) is 3.50. The number of allylic oxidation sites excluding steroid dienone is 1. The zero-order valence-corrected chi connectivity index (χ0v) is 9.55. The van der Waals surface area contributed by atoms with Crippen molar-refractivity contribution >= 4 is 12.0 Å². The van der Waals surface area contributed by atoms with Gasteiger partial charge in [-0.1, -0.05) is 19.1 Å². The smallest absolute Gasteiger partial charge is 0.269 e. The first-order chi connectivity index (χ1) is 8.17. The second kappa shape index (κ2) is 6.42. The molecule has 5 nitrogen and oxygen atoms in total. The molecular weight excluding hydrogens is 220 g/mol. The van der Waals surface area contributed by atoms with Gasteiger partial charge in [0, 0.05) is 30.5 Å². The molecule has 0 aromatic heterocycles. The molecule has 1 rings (SSSR count). The fourth-order valence-corrected chi connectivity index (χ4v) is 1.25. The van der Waals surface area contributed by atoms with Crippen molar-refractivity contribution in [1.82, 2.24) is 5.32 Å². The van der Waals surface area contributed by atoms with Gasteiger partial charge in [-0.05, 0) is 12.0 Å². The lowest BCUT2D eigenvalue weighted by atomic mass is 10.2. The second-order valence-electron chi connectivity index (χ2n) is 3.50. The molecule has 1 aromatic rings. The average molecular weight is 234 g/mol. The van der Waals surface area contributed by atoms with Crippen LogP contribution in [-0.2, 0) is 11.3 Å². The highest BCUT2D eigenvalue weighted by Gasteiger charge is 2.02. The van der Waals surface area contributed by atoms with Crippen LogP contribution < -0.4 is 5.32 Å². The number of hydrogen-bond donors (Lipinski definition) is 1. The Labute approximate surface area is 99.3 Å². The van der Waals surface area contributed by atoms with Crippen LogP contribution in [0.15, 0.2) is 36.0 Å². The fourth-order valence-electron chi connectivity index (χ4n) is 1.25. The van der Waals surface area contributed by atoms with E-state index in [4.69, 9.17) is 0 Å². The Morgan fingerprint density at radius 2 is 2.06 bits per heavy atom. The van der Waals surface area contributed by atoms with E-state index in [1.54, 1.807) is 18.3 Å². The van der Waals surface area contributed by atoms with Crippen LogP contribution in [0, 0.1) is 10.1 Å². The van der Waals surface area contributed by atoms with E-state index in [9.17, 15) is 14.9 Å². The van der Waals surface area contributed by atoms with Crippen LogP contribution >= 0.6 is 0 Å². The van der Waals surface area contributed by atoms with Crippen molar-refractivity contribution in [1.29, 1.82) is 0 Å². The van der Waals surface area contributed by atoms with Gasteiger partial charge < -0.3 is 5.32 Å². The maximum atomic E-state index is 10.5. The molecule has 0 spiro atoms. The first kappa shape index (κ1) is 12.9. The average Bonchev–Trinajstić information content (AvgIpc) is 2.35. The maximum absolute atomic E-state index is 10.5. The van der Waals surface area contributed by atoms with Gasteiger partial charge in [0.1, 0.15) is 6.29 Å². The summed E-state index contributed by atoms with van der Waals surface area (Å²) in [6.45, 7) is 2.43. The lowest BCUT2D eigenvalue weighted by Gasteiger charge is -2.02. The molecule has 0 aliphatic carbocycles. The number of carbonyl (C=O) groups excluding carboxylic acids is 1. The van der Waals surface area contributed by atoms with Crippen molar-refractivity contribution in [3.63, 3.8) is 0 Å². The van der Waals surface area contributed by atoms with Crippen molar-refractivity contribution in [2.45, 2.75) is 19.9 Å². The van der Waals surface area contributed by atoms with E-state index in [2.05, 4.69) is 5.32 Å². The largest absolute Gasteiger partial charge is 0.386 e. The van der Waals surface area contributed by atoms with Crippen LogP contribution in [-0.4, -0.2) is 11.2 Å². The molecule has 0 fully saturated rings. The summed E-state index contributed by atoms with van der Waals surface area (Å²) < 4.78 is 0. The molecule has 1 aromatic carbocycles. The highest BCUT2D eigenvalue weighted by molar-refractivity contribution is 5.72. The molecule has 5 heteroatoms. The van der Waals surface area contributed by atoms with Crippen LogP contribution in [0.2, 0.25) is 0 Å². The van der Waals surface area contributed by atoms with Gasteiger partial charge in [-0.2, -0.15) is 0 Å². The van der Waals surface area contributed by atoms with E-state index in [0.29, 0.717) is 18.5 Å². The number of rotatable bonds is 6. The van der Waals surface area contributed by atoms with E-state index in [1.807, 2.05) is 6.92 Å². The number of benzene rings is 1. The number of non-ortho nitro benzene ring substituents is 1. The Balaban J connectivity index is 2.55. The summed E-state index contributed by atoms with van der Waals surface area (Å²) in [5.74, 6) is 0. The molecule has 0 bridgehead atoms. The summed E-state index contributed by atoms with van der Waals surface area (Å²) in [4.78, 5) is 20.5. The monoisotopic (exact) mass is 234 g/mol. The Morgan fingerprint density at radius 1 is 1.41 bits per heavy atom. The van der Waals surface area contributed by atoms with Crippen LogP contribution in [0.1, 0.15) is 18.9 Å². The molecule has 1 N–H and O–H groups in total. The third kappa shape index (κ3) is 4.06. The number of nitrogens with one attached hydrogen (secondary N) is 1. The lowest BCUT2D eigenvalue weighted by molar-refractivity contribution is -0.384. The Kier molecular flexibility index (Phi) is 4.87. The standard InChI is InChI=1S/C12H14N2O3/c1-2-10(9-15)7-13-8-11-3-5-12(6-4-11)14(16)17/h3-7,9,13H,2,8H2,1H3/b10-7+. The van der Waals surface area contributed by atoms with E-state index in [-0.39, 0.29) is 5.69 Å². The molecule has 0 amide bonds. The van der Waals surface area contributed by atoms with E-state index >= 15 is 0 Å². The fraction of sp³-hybridized carbons (Fsp3) is 0.250. The van der Waals surface area contributed by atoms with Crippen molar-refractivity contribution in [3.05, 3.63) is 51.7 Å². The highest BCUT2D eigenvalue weighted by atomic mass is 16.6. The first-order valence-electron chi connectivity index (χ1n) is 5.28. The summed E-state index contributed by atoms with van der Waals surface area (Å²) in [6, 6.07) is 6.29.